The molecule has 106 valence electrons. The molecule has 1 heterocycles. The molecule has 0 spiro atoms. The molecule has 0 atom stereocenters. The van der Waals surface area contributed by atoms with Crippen molar-refractivity contribution in [3.05, 3.63) is 0 Å². The van der Waals surface area contributed by atoms with Gasteiger partial charge < -0.3 is 15.5 Å². The van der Waals surface area contributed by atoms with E-state index in [1.165, 1.54) is 65.0 Å². The molecule has 0 radical (unpaired) electrons. The number of piperazine rings is 1. The Bertz CT molecular complexity index is 238. The molecule has 2 rings (SSSR count). The van der Waals surface area contributed by atoms with Crippen molar-refractivity contribution >= 4 is 0 Å². The highest BCUT2D eigenvalue weighted by molar-refractivity contribution is 4.89. The van der Waals surface area contributed by atoms with Crippen LogP contribution in [-0.4, -0.2) is 55.6 Å². The molecule has 0 aromatic carbocycles. The molecule has 3 nitrogen and oxygen atoms in total. The minimum atomic E-state index is 0.431. The van der Waals surface area contributed by atoms with Crippen molar-refractivity contribution < 1.29 is 0 Å². The molecule has 0 amide bonds. The Balaban J connectivity index is 1.83. The molecular weight excluding hydrogens is 222 g/mol. The van der Waals surface area contributed by atoms with Crippen LogP contribution in [0, 0.1) is 11.3 Å². The van der Waals surface area contributed by atoms with Gasteiger partial charge in [0.05, 0.1) is 0 Å². The van der Waals surface area contributed by atoms with Crippen molar-refractivity contribution in [1.82, 2.24) is 9.80 Å². The van der Waals surface area contributed by atoms with E-state index < -0.39 is 0 Å². The first-order chi connectivity index (χ1) is 8.67. The van der Waals surface area contributed by atoms with E-state index in [0.717, 1.165) is 12.5 Å². The van der Waals surface area contributed by atoms with Gasteiger partial charge >= 0.3 is 0 Å². The molecule has 0 bridgehead atoms. The van der Waals surface area contributed by atoms with Crippen molar-refractivity contribution in [3.63, 3.8) is 0 Å². The maximum atomic E-state index is 6.12. The van der Waals surface area contributed by atoms with Crippen LogP contribution in [0.2, 0.25) is 0 Å². The predicted molar refractivity (Wildman–Crippen MR) is 77.7 cm³/mol. The molecule has 1 saturated heterocycles. The summed E-state index contributed by atoms with van der Waals surface area (Å²) in [4.78, 5) is 5.21. The average Bonchev–Trinajstić information content (AvgIpc) is 2.43. The fourth-order valence-electron chi connectivity index (χ4n) is 3.54. The lowest BCUT2D eigenvalue weighted by Crippen LogP contribution is -2.52. The van der Waals surface area contributed by atoms with Crippen LogP contribution < -0.4 is 5.73 Å². The largest absolute Gasteiger partial charge is 0.330 e. The number of nitrogens with two attached hydrogens (primary N) is 1. The van der Waals surface area contributed by atoms with Crippen LogP contribution in [0.5, 0.6) is 0 Å². The summed E-state index contributed by atoms with van der Waals surface area (Å²) in [5.74, 6) is 0.918. The predicted octanol–water partition coefficient (Wildman–Crippen LogP) is 1.78. The lowest BCUT2D eigenvalue weighted by molar-refractivity contribution is 0.0600. The van der Waals surface area contributed by atoms with Crippen molar-refractivity contribution in [3.8, 4) is 0 Å². The fourth-order valence-corrected chi connectivity index (χ4v) is 3.54. The molecule has 2 aliphatic rings. The second kappa shape index (κ2) is 6.36. The minimum Gasteiger partial charge on any atom is -0.330 e. The van der Waals surface area contributed by atoms with Gasteiger partial charge in [-0.2, -0.15) is 0 Å². The zero-order valence-corrected chi connectivity index (χ0v) is 12.3. The molecular formula is C15H31N3. The van der Waals surface area contributed by atoms with E-state index in [2.05, 4.69) is 23.6 Å². The Hall–Kier alpha value is -0.120. The Labute approximate surface area is 113 Å². The van der Waals surface area contributed by atoms with Gasteiger partial charge in [0.15, 0.2) is 0 Å². The molecule has 2 N–H and O–H groups in total. The van der Waals surface area contributed by atoms with Gasteiger partial charge in [0, 0.05) is 32.7 Å². The summed E-state index contributed by atoms with van der Waals surface area (Å²) < 4.78 is 0. The summed E-state index contributed by atoms with van der Waals surface area (Å²) in [6, 6.07) is 0. The topological polar surface area (TPSA) is 32.5 Å². The number of rotatable bonds is 4. The summed E-state index contributed by atoms with van der Waals surface area (Å²) in [5, 5.41) is 0. The molecule has 0 aromatic rings. The van der Waals surface area contributed by atoms with Crippen LogP contribution in [-0.2, 0) is 0 Å². The van der Waals surface area contributed by atoms with Gasteiger partial charge in [-0.1, -0.05) is 26.7 Å². The van der Waals surface area contributed by atoms with Crippen molar-refractivity contribution in [2.24, 2.45) is 17.1 Å². The smallest absolute Gasteiger partial charge is 0.0110 e. The Morgan fingerprint density at radius 1 is 1.06 bits per heavy atom. The number of hydrogen-bond acceptors (Lipinski definition) is 3. The lowest BCUT2D eigenvalue weighted by atomic mass is 9.70. The van der Waals surface area contributed by atoms with Gasteiger partial charge in [0.25, 0.3) is 0 Å². The SMILES string of the molecule is CCN1CCN(CC2(CN)CCC(C)CC2)CC1. The molecule has 0 aromatic heterocycles. The summed E-state index contributed by atoms with van der Waals surface area (Å²) in [5.41, 5.74) is 6.55. The van der Waals surface area contributed by atoms with Gasteiger partial charge in [0.2, 0.25) is 0 Å². The second-order valence-corrected chi connectivity index (χ2v) is 6.60. The molecule has 18 heavy (non-hydrogen) atoms. The highest BCUT2D eigenvalue weighted by atomic mass is 15.3. The van der Waals surface area contributed by atoms with E-state index in [9.17, 15) is 0 Å². The van der Waals surface area contributed by atoms with Crippen molar-refractivity contribution in [2.75, 3.05) is 45.8 Å². The second-order valence-electron chi connectivity index (χ2n) is 6.60. The van der Waals surface area contributed by atoms with Gasteiger partial charge in [-0.3, -0.25) is 0 Å². The molecule has 2 fully saturated rings. The van der Waals surface area contributed by atoms with Crippen molar-refractivity contribution in [1.29, 1.82) is 0 Å². The Morgan fingerprint density at radius 2 is 1.61 bits per heavy atom. The quantitative estimate of drug-likeness (QED) is 0.829. The van der Waals surface area contributed by atoms with Gasteiger partial charge in [0.1, 0.15) is 0 Å². The summed E-state index contributed by atoms with van der Waals surface area (Å²) in [7, 11) is 0. The molecule has 3 heteroatoms. The summed E-state index contributed by atoms with van der Waals surface area (Å²) in [6.45, 7) is 13.0. The molecule has 1 saturated carbocycles. The summed E-state index contributed by atoms with van der Waals surface area (Å²) >= 11 is 0. The third-order valence-electron chi connectivity index (χ3n) is 5.24. The number of likely N-dealkylation sites (N-methyl/N-ethyl adjacent to an activating group) is 1. The molecule has 1 aliphatic carbocycles. The Kier molecular flexibility index (Phi) is 5.05. The highest BCUT2D eigenvalue weighted by Gasteiger charge is 2.35. The van der Waals surface area contributed by atoms with E-state index in [4.69, 9.17) is 5.73 Å². The maximum Gasteiger partial charge on any atom is 0.0110 e. The fraction of sp³-hybridized carbons (Fsp3) is 1.00. The minimum absolute atomic E-state index is 0.431. The van der Waals surface area contributed by atoms with Crippen LogP contribution in [0.4, 0.5) is 0 Å². The summed E-state index contributed by atoms with van der Waals surface area (Å²) in [6.07, 6.45) is 5.45. The van der Waals surface area contributed by atoms with Gasteiger partial charge in [-0.05, 0) is 37.3 Å². The van der Waals surface area contributed by atoms with Crippen molar-refractivity contribution in [2.45, 2.75) is 39.5 Å². The van der Waals surface area contributed by atoms with E-state index in [0.29, 0.717) is 5.41 Å². The normalized spacial score (nSPS) is 35.8. The third kappa shape index (κ3) is 3.46. The maximum absolute atomic E-state index is 6.12. The van der Waals surface area contributed by atoms with Crippen LogP contribution in [0.25, 0.3) is 0 Å². The molecule has 0 unspecified atom stereocenters. The van der Waals surface area contributed by atoms with E-state index in [-0.39, 0.29) is 0 Å². The van der Waals surface area contributed by atoms with Crippen LogP contribution in [0.15, 0.2) is 0 Å². The van der Waals surface area contributed by atoms with Crippen LogP contribution >= 0.6 is 0 Å². The Morgan fingerprint density at radius 3 is 2.11 bits per heavy atom. The lowest BCUT2D eigenvalue weighted by Gasteiger charge is -2.44. The zero-order chi connectivity index (χ0) is 13.0. The first-order valence-corrected chi connectivity index (χ1v) is 7.82. The van der Waals surface area contributed by atoms with E-state index in [1.54, 1.807) is 0 Å². The first-order valence-electron chi connectivity index (χ1n) is 7.82. The average molecular weight is 253 g/mol. The van der Waals surface area contributed by atoms with Crippen LogP contribution in [0.1, 0.15) is 39.5 Å². The third-order valence-corrected chi connectivity index (χ3v) is 5.24. The van der Waals surface area contributed by atoms with Gasteiger partial charge in [-0.25, -0.2) is 0 Å². The number of hydrogen-bond donors (Lipinski definition) is 1. The highest BCUT2D eigenvalue weighted by Crippen LogP contribution is 2.38. The molecule has 1 aliphatic heterocycles. The monoisotopic (exact) mass is 253 g/mol. The van der Waals surface area contributed by atoms with Gasteiger partial charge in [-0.15, -0.1) is 0 Å². The van der Waals surface area contributed by atoms with E-state index in [1.807, 2.05) is 0 Å². The van der Waals surface area contributed by atoms with Crippen LogP contribution in [0.3, 0.4) is 0 Å². The van der Waals surface area contributed by atoms with E-state index >= 15 is 0 Å². The number of nitrogens with zero attached hydrogens (tertiary/aromatic N) is 2. The first kappa shape index (κ1) is 14.3. The standard InChI is InChI=1S/C15H31N3/c1-3-17-8-10-18(11-9-17)13-15(12-16)6-4-14(2)5-7-15/h14H,3-13,16H2,1-2H3. The zero-order valence-electron chi connectivity index (χ0n) is 12.3.